The highest BCUT2D eigenvalue weighted by atomic mass is 16.5. The number of aromatic amines is 1. The molecule has 0 spiro atoms. The van der Waals surface area contributed by atoms with Crippen LogP contribution in [0.1, 0.15) is 10.4 Å². The van der Waals surface area contributed by atoms with E-state index in [-0.39, 0.29) is 24.3 Å². The molecule has 3 rings (SSSR count). The molecule has 0 bridgehead atoms. The monoisotopic (exact) mass is 342 g/mol. The number of esters is 1. The Labute approximate surface area is 140 Å². The van der Waals surface area contributed by atoms with Crippen LogP contribution in [0.4, 0.5) is 23.1 Å². The van der Waals surface area contributed by atoms with Gasteiger partial charge >= 0.3 is 5.97 Å². The van der Waals surface area contributed by atoms with Gasteiger partial charge in [-0.05, 0) is 17.7 Å². The zero-order chi connectivity index (χ0) is 17.8. The lowest BCUT2D eigenvalue weighted by atomic mass is 10.2. The first-order valence-corrected chi connectivity index (χ1v) is 7.29. The van der Waals surface area contributed by atoms with Crippen molar-refractivity contribution in [3.63, 3.8) is 0 Å². The third-order valence-corrected chi connectivity index (χ3v) is 3.48. The number of nitrogens with two attached hydrogens (primary N) is 1. The van der Waals surface area contributed by atoms with E-state index in [9.17, 15) is 9.59 Å². The number of hydrogen-bond acceptors (Lipinski definition) is 8. The Balaban J connectivity index is 1.61. The van der Waals surface area contributed by atoms with Crippen molar-refractivity contribution in [3.8, 4) is 0 Å². The summed E-state index contributed by atoms with van der Waals surface area (Å²) < 4.78 is 5.24. The second-order valence-corrected chi connectivity index (χ2v) is 5.23. The smallest absolute Gasteiger partial charge is 0.338 e. The number of anilines is 3. The van der Waals surface area contributed by atoms with Crippen LogP contribution in [0.2, 0.25) is 0 Å². The molecule has 0 fully saturated rings. The molecule has 1 atom stereocenters. The Morgan fingerprint density at radius 3 is 2.92 bits per heavy atom. The van der Waals surface area contributed by atoms with Crippen molar-refractivity contribution in [3.05, 3.63) is 50.6 Å². The molecule has 2 aromatic rings. The SMILES string of the molecule is [N-]=[N+]=Nc1ccc(C(=O)OCC2CNc3nc(N)[nH]c(=O)c3N2)cc1. The number of aromatic nitrogens is 2. The van der Waals surface area contributed by atoms with Gasteiger partial charge in [-0.15, -0.1) is 0 Å². The van der Waals surface area contributed by atoms with Crippen LogP contribution in [0.15, 0.2) is 34.2 Å². The summed E-state index contributed by atoms with van der Waals surface area (Å²) in [6.07, 6.45) is 0. The van der Waals surface area contributed by atoms with Crippen molar-refractivity contribution in [1.82, 2.24) is 9.97 Å². The van der Waals surface area contributed by atoms with Crippen molar-refractivity contribution in [2.24, 2.45) is 5.11 Å². The van der Waals surface area contributed by atoms with Crippen molar-refractivity contribution >= 4 is 29.1 Å². The van der Waals surface area contributed by atoms with Crippen molar-refractivity contribution in [2.75, 3.05) is 29.5 Å². The maximum absolute atomic E-state index is 12.0. The average molecular weight is 342 g/mol. The molecule has 11 heteroatoms. The predicted molar refractivity (Wildman–Crippen MR) is 90.7 cm³/mol. The van der Waals surface area contributed by atoms with E-state index in [0.717, 1.165) is 0 Å². The van der Waals surface area contributed by atoms with Gasteiger partial charge in [0.2, 0.25) is 5.95 Å². The molecule has 2 heterocycles. The van der Waals surface area contributed by atoms with Crippen LogP contribution < -0.4 is 21.9 Å². The molecule has 0 aliphatic carbocycles. The molecule has 0 amide bonds. The number of nitrogen functional groups attached to an aromatic ring is 1. The maximum Gasteiger partial charge on any atom is 0.338 e. The number of azide groups is 1. The normalized spacial score (nSPS) is 15.1. The minimum Gasteiger partial charge on any atom is -0.460 e. The zero-order valence-electron chi connectivity index (χ0n) is 12.9. The van der Waals surface area contributed by atoms with Gasteiger partial charge in [0.05, 0.1) is 11.6 Å². The summed E-state index contributed by atoms with van der Waals surface area (Å²) in [6, 6.07) is 5.74. The molecule has 0 radical (unpaired) electrons. The summed E-state index contributed by atoms with van der Waals surface area (Å²) in [5, 5.41) is 9.36. The number of ether oxygens (including phenoxy) is 1. The van der Waals surface area contributed by atoms with Crippen LogP contribution in [0.5, 0.6) is 0 Å². The minimum atomic E-state index is -0.524. The molecule has 11 nitrogen and oxygen atoms in total. The predicted octanol–water partition coefficient (Wildman–Crippen LogP) is 1.36. The summed E-state index contributed by atoms with van der Waals surface area (Å²) in [4.78, 5) is 32.9. The fourth-order valence-electron chi connectivity index (χ4n) is 2.30. The fraction of sp³-hybridized carbons (Fsp3) is 0.214. The van der Waals surface area contributed by atoms with E-state index in [2.05, 4.69) is 30.6 Å². The van der Waals surface area contributed by atoms with E-state index in [4.69, 9.17) is 16.0 Å². The molecule has 1 aliphatic rings. The van der Waals surface area contributed by atoms with Gasteiger partial charge in [-0.25, -0.2) is 4.79 Å². The first kappa shape index (κ1) is 16.1. The lowest BCUT2D eigenvalue weighted by Gasteiger charge is -2.26. The largest absolute Gasteiger partial charge is 0.460 e. The number of rotatable bonds is 4. The summed E-state index contributed by atoms with van der Waals surface area (Å²) >= 11 is 0. The lowest BCUT2D eigenvalue weighted by Crippen LogP contribution is -2.40. The highest BCUT2D eigenvalue weighted by molar-refractivity contribution is 5.89. The number of nitrogens with zero attached hydrogens (tertiary/aromatic N) is 4. The average Bonchev–Trinajstić information content (AvgIpc) is 2.61. The fourth-order valence-corrected chi connectivity index (χ4v) is 2.30. The van der Waals surface area contributed by atoms with E-state index in [1.807, 2.05) is 0 Å². The quantitative estimate of drug-likeness (QED) is 0.281. The molecule has 5 N–H and O–H groups in total. The van der Waals surface area contributed by atoms with Gasteiger partial charge in [0, 0.05) is 17.1 Å². The van der Waals surface area contributed by atoms with Crippen molar-refractivity contribution in [1.29, 1.82) is 0 Å². The molecular formula is C14H14N8O3. The number of carbonyl (C=O) groups is 1. The second-order valence-electron chi connectivity index (χ2n) is 5.23. The highest BCUT2D eigenvalue weighted by Gasteiger charge is 2.22. The molecule has 1 aliphatic heterocycles. The summed E-state index contributed by atoms with van der Waals surface area (Å²) in [6.45, 7) is 0.458. The van der Waals surface area contributed by atoms with Gasteiger partial charge in [-0.3, -0.25) is 9.78 Å². The molecular weight excluding hydrogens is 328 g/mol. The number of hydrogen-bond donors (Lipinski definition) is 4. The summed E-state index contributed by atoms with van der Waals surface area (Å²) in [5.74, 6) is -0.144. The highest BCUT2D eigenvalue weighted by Crippen LogP contribution is 2.20. The van der Waals surface area contributed by atoms with Crippen molar-refractivity contribution in [2.45, 2.75) is 6.04 Å². The van der Waals surface area contributed by atoms with Crippen LogP contribution in [0, 0.1) is 0 Å². The van der Waals surface area contributed by atoms with E-state index >= 15 is 0 Å². The molecule has 0 saturated heterocycles. The Morgan fingerprint density at radius 1 is 1.44 bits per heavy atom. The number of fused-ring (bicyclic) bond motifs is 1. The lowest BCUT2D eigenvalue weighted by molar-refractivity contribution is 0.0492. The minimum absolute atomic E-state index is 0.0205. The third-order valence-electron chi connectivity index (χ3n) is 3.48. The van der Waals surface area contributed by atoms with Crippen LogP contribution in [0.3, 0.4) is 0 Å². The van der Waals surface area contributed by atoms with Crippen LogP contribution in [0.25, 0.3) is 10.4 Å². The molecule has 25 heavy (non-hydrogen) atoms. The van der Waals surface area contributed by atoms with Crippen molar-refractivity contribution < 1.29 is 9.53 Å². The Hall–Kier alpha value is -3.72. The third kappa shape index (κ3) is 3.62. The van der Waals surface area contributed by atoms with Crippen LogP contribution in [-0.2, 0) is 4.74 Å². The van der Waals surface area contributed by atoms with Crippen LogP contribution >= 0.6 is 0 Å². The number of H-pyrrole nitrogens is 1. The summed E-state index contributed by atoms with van der Waals surface area (Å²) in [5.41, 5.74) is 14.4. The maximum atomic E-state index is 12.0. The van der Waals surface area contributed by atoms with Gasteiger partial charge in [0.25, 0.3) is 5.56 Å². The Kier molecular flexibility index (Phi) is 4.40. The number of nitrogens with one attached hydrogen (secondary N) is 3. The zero-order valence-corrected chi connectivity index (χ0v) is 12.9. The number of carbonyl (C=O) groups excluding carboxylic acids is 1. The molecule has 1 unspecified atom stereocenters. The van der Waals surface area contributed by atoms with Gasteiger partial charge in [-0.2, -0.15) is 4.98 Å². The molecule has 1 aromatic heterocycles. The summed E-state index contributed by atoms with van der Waals surface area (Å²) in [7, 11) is 0. The van der Waals surface area contributed by atoms with Gasteiger partial charge in [-0.1, -0.05) is 17.2 Å². The van der Waals surface area contributed by atoms with E-state index in [0.29, 0.717) is 23.6 Å². The van der Waals surface area contributed by atoms with Gasteiger partial charge in [0.15, 0.2) is 5.82 Å². The standard InChI is InChI=1S/C14H14N8O3/c15-14-19-11-10(12(23)20-14)18-9(5-17-11)6-25-13(24)7-1-3-8(4-2-7)21-22-16/h1-4,9,18H,5-6H2,(H4,15,17,19,20,23). The van der Waals surface area contributed by atoms with E-state index in [1.165, 1.54) is 24.3 Å². The van der Waals surface area contributed by atoms with E-state index in [1.54, 1.807) is 0 Å². The van der Waals surface area contributed by atoms with Gasteiger partial charge < -0.3 is 21.1 Å². The Bertz CT molecular complexity index is 901. The first-order valence-electron chi connectivity index (χ1n) is 7.29. The molecule has 128 valence electrons. The number of benzene rings is 1. The van der Waals surface area contributed by atoms with Gasteiger partial charge in [0.1, 0.15) is 12.3 Å². The topological polar surface area (TPSA) is 171 Å². The second kappa shape index (κ2) is 6.81. The molecule has 0 saturated carbocycles. The van der Waals surface area contributed by atoms with E-state index < -0.39 is 11.5 Å². The molecule has 1 aromatic carbocycles. The van der Waals surface area contributed by atoms with Crippen LogP contribution in [-0.4, -0.2) is 35.1 Å². The first-order chi connectivity index (χ1) is 12.1. The Morgan fingerprint density at radius 2 is 2.20 bits per heavy atom.